The number of piperazine rings is 1. The molecule has 4 aromatic rings. The first-order valence-corrected chi connectivity index (χ1v) is 11.6. The number of hydrogen-bond acceptors (Lipinski definition) is 6. The average molecular weight is 475 g/mol. The van der Waals surface area contributed by atoms with E-state index >= 15 is 0 Å². The third kappa shape index (κ3) is 4.35. The molecule has 180 valence electrons. The highest BCUT2D eigenvalue weighted by Crippen LogP contribution is 2.32. The van der Waals surface area contributed by atoms with E-state index in [2.05, 4.69) is 4.90 Å². The number of hydrogen-bond donors (Lipinski definition) is 1. The predicted octanol–water partition coefficient (Wildman–Crippen LogP) is 4.94. The van der Waals surface area contributed by atoms with Crippen molar-refractivity contribution in [2.75, 3.05) is 38.2 Å². The number of aryl methyl sites for hydroxylation is 1. The molecule has 0 aliphatic carbocycles. The number of benzene rings is 3. The van der Waals surface area contributed by atoms with Crippen LogP contribution in [0.15, 0.2) is 69.9 Å². The van der Waals surface area contributed by atoms with Crippen molar-refractivity contribution >= 4 is 16.7 Å². The Kier molecular flexibility index (Phi) is 6.17. The van der Waals surface area contributed by atoms with Crippen LogP contribution in [0.4, 0.5) is 10.1 Å². The van der Waals surface area contributed by atoms with Gasteiger partial charge in [0, 0.05) is 32.7 Å². The van der Waals surface area contributed by atoms with Crippen LogP contribution in [0.1, 0.15) is 11.3 Å². The highest BCUT2D eigenvalue weighted by molar-refractivity contribution is 5.86. The molecule has 2 heterocycles. The van der Waals surface area contributed by atoms with Gasteiger partial charge in [-0.25, -0.2) is 4.39 Å². The van der Waals surface area contributed by atoms with Gasteiger partial charge in [-0.2, -0.15) is 0 Å². The first kappa shape index (κ1) is 22.9. The standard InChI is InChI=1S/C28H27FN2O4/c1-18-26(19-7-9-20(34-2)10-8-19)27(33)21-11-12-25(32)22(28(21)35-18)17-30-13-15-31(16-14-30)24-6-4-3-5-23(24)29/h3-12,32H,13-17H2,1-2H3. The Morgan fingerprint density at radius 2 is 1.71 bits per heavy atom. The highest BCUT2D eigenvalue weighted by atomic mass is 19.1. The second kappa shape index (κ2) is 9.43. The fourth-order valence-electron chi connectivity index (χ4n) is 4.74. The zero-order valence-corrected chi connectivity index (χ0v) is 19.8. The molecule has 0 unspecified atom stereocenters. The summed E-state index contributed by atoms with van der Waals surface area (Å²) >= 11 is 0. The Morgan fingerprint density at radius 1 is 1.00 bits per heavy atom. The van der Waals surface area contributed by atoms with E-state index in [1.165, 1.54) is 6.07 Å². The van der Waals surface area contributed by atoms with Crippen LogP contribution in [0.5, 0.6) is 11.5 Å². The van der Waals surface area contributed by atoms with Gasteiger partial charge in [0.05, 0.1) is 29.3 Å². The van der Waals surface area contributed by atoms with Crippen LogP contribution < -0.4 is 15.1 Å². The summed E-state index contributed by atoms with van der Waals surface area (Å²) in [7, 11) is 1.60. The Balaban J connectivity index is 1.43. The van der Waals surface area contributed by atoms with Crippen LogP contribution in [-0.4, -0.2) is 43.3 Å². The van der Waals surface area contributed by atoms with Gasteiger partial charge in [0.25, 0.3) is 0 Å². The molecule has 6 nitrogen and oxygen atoms in total. The Hall–Kier alpha value is -3.84. The lowest BCUT2D eigenvalue weighted by Crippen LogP contribution is -2.46. The number of anilines is 1. The maximum absolute atomic E-state index is 14.2. The number of phenolic OH excluding ortho intramolecular Hbond substituents is 1. The molecule has 7 heteroatoms. The van der Waals surface area contributed by atoms with Gasteiger partial charge in [-0.1, -0.05) is 24.3 Å². The largest absolute Gasteiger partial charge is 0.507 e. The van der Waals surface area contributed by atoms with E-state index in [0.29, 0.717) is 72.0 Å². The average Bonchev–Trinajstić information content (AvgIpc) is 2.87. The molecule has 1 saturated heterocycles. The maximum atomic E-state index is 14.2. The molecular weight excluding hydrogens is 447 g/mol. The summed E-state index contributed by atoms with van der Waals surface area (Å²) in [5, 5.41) is 11.1. The van der Waals surface area contributed by atoms with E-state index in [1.807, 2.05) is 35.2 Å². The Bertz CT molecular complexity index is 1420. The predicted molar refractivity (Wildman–Crippen MR) is 135 cm³/mol. The van der Waals surface area contributed by atoms with Crippen molar-refractivity contribution in [1.29, 1.82) is 0 Å². The zero-order chi connectivity index (χ0) is 24.5. The van der Waals surface area contributed by atoms with Crippen LogP contribution >= 0.6 is 0 Å². The summed E-state index contributed by atoms with van der Waals surface area (Å²) in [5.41, 5.74) is 2.70. The summed E-state index contributed by atoms with van der Waals surface area (Å²) in [5.74, 6) is 1.06. The van der Waals surface area contributed by atoms with Gasteiger partial charge in [0.1, 0.15) is 28.7 Å². The van der Waals surface area contributed by atoms with Gasteiger partial charge in [0.2, 0.25) is 5.43 Å². The fourth-order valence-corrected chi connectivity index (χ4v) is 4.74. The molecule has 5 rings (SSSR count). The van der Waals surface area contributed by atoms with Gasteiger partial charge in [0.15, 0.2) is 0 Å². The molecule has 0 radical (unpaired) electrons. The number of rotatable bonds is 5. The van der Waals surface area contributed by atoms with Crippen LogP contribution in [0.3, 0.4) is 0 Å². The molecule has 1 N–H and O–H groups in total. The number of fused-ring (bicyclic) bond motifs is 1. The van der Waals surface area contributed by atoms with Gasteiger partial charge in [-0.15, -0.1) is 0 Å². The maximum Gasteiger partial charge on any atom is 0.200 e. The first-order chi connectivity index (χ1) is 17.0. The minimum Gasteiger partial charge on any atom is -0.507 e. The van der Waals surface area contributed by atoms with Gasteiger partial charge in [-0.05, 0) is 48.9 Å². The number of halogens is 1. The molecule has 1 aliphatic rings. The number of ether oxygens (including phenoxy) is 1. The van der Waals surface area contributed by atoms with Crippen molar-refractivity contribution in [2.24, 2.45) is 0 Å². The minimum atomic E-state index is -0.224. The first-order valence-electron chi connectivity index (χ1n) is 11.6. The number of nitrogens with zero attached hydrogens (tertiary/aromatic N) is 2. The van der Waals surface area contributed by atoms with E-state index in [9.17, 15) is 14.3 Å². The molecule has 0 amide bonds. The molecule has 0 spiro atoms. The fraction of sp³-hybridized carbons (Fsp3) is 0.250. The highest BCUT2D eigenvalue weighted by Gasteiger charge is 2.23. The monoisotopic (exact) mass is 474 g/mol. The van der Waals surface area contributed by atoms with Gasteiger partial charge < -0.3 is 19.2 Å². The summed E-state index contributed by atoms with van der Waals surface area (Å²) in [6, 6.07) is 17.2. The van der Waals surface area contributed by atoms with Crippen LogP contribution in [-0.2, 0) is 6.54 Å². The third-order valence-electron chi connectivity index (χ3n) is 6.64. The number of methoxy groups -OCH3 is 1. The second-order valence-electron chi connectivity index (χ2n) is 8.75. The van der Waals surface area contributed by atoms with Crippen molar-refractivity contribution < 1.29 is 18.7 Å². The lowest BCUT2D eigenvalue weighted by molar-refractivity contribution is 0.246. The van der Waals surface area contributed by atoms with E-state index in [-0.39, 0.29) is 17.0 Å². The summed E-state index contributed by atoms with van der Waals surface area (Å²) in [4.78, 5) is 17.7. The van der Waals surface area contributed by atoms with E-state index in [1.54, 1.807) is 38.3 Å². The minimum absolute atomic E-state index is 0.0915. The zero-order valence-electron chi connectivity index (χ0n) is 19.8. The molecular formula is C28H27FN2O4. The summed E-state index contributed by atoms with van der Waals surface area (Å²) in [6.07, 6.45) is 0. The molecule has 0 bridgehead atoms. The number of phenols is 1. The summed E-state index contributed by atoms with van der Waals surface area (Å²) in [6.45, 7) is 4.91. The van der Waals surface area contributed by atoms with E-state index in [4.69, 9.17) is 9.15 Å². The number of aromatic hydroxyl groups is 1. The third-order valence-corrected chi connectivity index (χ3v) is 6.64. The lowest BCUT2D eigenvalue weighted by atomic mass is 10.0. The topological polar surface area (TPSA) is 66.2 Å². The normalized spacial score (nSPS) is 14.4. The van der Waals surface area contributed by atoms with Gasteiger partial charge >= 0.3 is 0 Å². The smallest absolute Gasteiger partial charge is 0.200 e. The van der Waals surface area contributed by atoms with Crippen LogP contribution in [0, 0.1) is 12.7 Å². The Morgan fingerprint density at radius 3 is 2.40 bits per heavy atom. The summed E-state index contributed by atoms with van der Waals surface area (Å²) < 4.78 is 25.6. The molecule has 0 saturated carbocycles. The Labute approximate surface area is 202 Å². The van der Waals surface area contributed by atoms with Crippen molar-refractivity contribution in [3.8, 4) is 22.6 Å². The second-order valence-corrected chi connectivity index (χ2v) is 8.75. The van der Waals surface area contributed by atoms with Crippen LogP contribution in [0.2, 0.25) is 0 Å². The van der Waals surface area contributed by atoms with Crippen molar-refractivity contribution in [3.05, 3.63) is 88.0 Å². The molecule has 1 aliphatic heterocycles. The molecule has 1 aromatic heterocycles. The number of para-hydroxylation sites is 1. The molecule has 3 aromatic carbocycles. The van der Waals surface area contributed by atoms with Crippen molar-refractivity contribution in [1.82, 2.24) is 4.90 Å². The molecule has 0 atom stereocenters. The SMILES string of the molecule is COc1ccc(-c2c(C)oc3c(CN4CCN(c5ccccc5F)CC4)c(O)ccc3c2=O)cc1. The van der Waals surface area contributed by atoms with E-state index in [0.717, 1.165) is 5.56 Å². The lowest BCUT2D eigenvalue weighted by Gasteiger charge is -2.36. The van der Waals surface area contributed by atoms with E-state index < -0.39 is 0 Å². The molecule has 35 heavy (non-hydrogen) atoms. The molecule has 1 fully saturated rings. The van der Waals surface area contributed by atoms with Gasteiger partial charge in [-0.3, -0.25) is 9.69 Å². The van der Waals surface area contributed by atoms with Crippen molar-refractivity contribution in [3.63, 3.8) is 0 Å². The van der Waals surface area contributed by atoms with Crippen molar-refractivity contribution in [2.45, 2.75) is 13.5 Å². The quantitative estimate of drug-likeness (QED) is 0.442. The van der Waals surface area contributed by atoms with Crippen LogP contribution in [0.25, 0.3) is 22.1 Å².